The predicted octanol–water partition coefficient (Wildman–Crippen LogP) is 2.99. The molecule has 2 aromatic rings. The predicted molar refractivity (Wildman–Crippen MR) is 83.6 cm³/mol. The van der Waals surface area contributed by atoms with E-state index in [0.29, 0.717) is 5.03 Å². The van der Waals surface area contributed by atoms with Gasteiger partial charge in [-0.3, -0.25) is 4.79 Å². The second-order valence-electron chi connectivity index (χ2n) is 4.40. The molecule has 0 saturated carbocycles. The summed E-state index contributed by atoms with van der Waals surface area (Å²) in [5.41, 5.74) is 0.301. The van der Waals surface area contributed by atoms with E-state index in [4.69, 9.17) is 9.47 Å². The first-order chi connectivity index (χ1) is 11.1. The Balaban J connectivity index is 2.10. The molecule has 0 amide bonds. The van der Waals surface area contributed by atoms with Gasteiger partial charge in [-0.1, -0.05) is 0 Å². The van der Waals surface area contributed by atoms with E-state index in [-0.39, 0.29) is 16.9 Å². The van der Waals surface area contributed by atoms with Gasteiger partial charge in [0.15, 0.2) is 6.61 Å². The number of nitrogens with zero attached hydrogens (tertiary/aromatic N) is 1. The van der Waals surface area contributed by atoms with Crippen molar-refractivity contribution in [1.82, 2.24) is 4.98 Å². The van der Waals surface area contributed by atoms with Crippen molar-refractivity contribution in [2.75, 3.05) is 20.0 Å². The van der Waals surface area contributed by atoms with Crippen LogP contribution in [0.5, 0.6) is 5.75 Å². The minimum Gasteiger partial charge on any atom is -0.496 e. The van der Waals surface area contributed by atoms with Crippen LogP contribution in [0.1, 0.15) is 20.7 Å². The third-order valence-electron chi connectivity index (χ3n) is 2.98. The Bertz CT molecular complexity index is 736. The number of esters is 1. The number of carbonyl (C=O) groups is 2. The molecule has 0 aliphatic carbocycles. The highest BCUT2D eigenvalue weighted by molar-refractivity contribution is 7.98. The molecule has 0 radical (unpaired) electrons. The number of ether oxygens (including phenoxy) is 2. The molecule has 1 heterocycles. The summed E-state index contributed by atoms with van der Waals surface area (Å²) in [5, 5.41) is 0.508. The maximum atomic E-state index is 13.3. The van der Waals surface area contributed by atoms with E-state index in [1.807, 2.05) is 0 Å². The lowest BCUT2D eigenvalue weighted by molar-refractivity contribution is 0.0469. The van der Waals surface area contributed by atoms with E-state index < -0.39 is 24.2 Å². The Morgan fingerprint density at radius 3 is 2.74 bits per heavy atom. The van der Waals surface area contributed by atoms with E-state index in [1.165, 1.54) is 31.0 Å². The van der Waals surface area contributed by atoms with Crippen molar-refractivity contribution >= 4 is 23.5 Å². The van der Waals surface area contributed by atoms with E-state index in [9.17, 15) is 14.0 Å². The summed E-state index contributed by atoms with van der Waals surface area (Å²) in [7, 11) is 1.37. The van der Waals surface area contributed by atoms with Crippen molar-refractivity contribution in [3.05, 3.63) is 53.5 Å². The highest BCUT2D eigenvalue weighted by Gasteiger charge is 2.18. The minimum atomic E-state index is -0.661. The monoisotopic (exact) mass is 335 g/mol. The summed E-state index contributed by atoms with van der Waals surface area (Å²) >= 11 is 1.30. The average molecular weight is 335 g/mol. The molecule has 23 heavy (non-hydrogen) atoms. The zero-order chi connectivity index (χ0) is 16.8. The number of pyridine rings is 1. The molecule has 0 aliphatic heterocycles. The molecule has 0 unspecified atom stereocenters. The number of methoxy groups -OCH3 is 1. The molecular formula is C16H14FNO4S. The van der Waals surface area contributed by atoms with E-state index in [0.717, 1.165) is 6.07 Å². The number of hydrogen-bond acceptors (Lipinski definition) is 6. The lowest BCUT2D eigenvalue weighted by Crippen LogP contribution is -2.16. The fourth-order valence-corrected chi connectivity index (χ4v) is 2.43. The number of thioether (sulfide) groups is 1. The summed E-state index contributed by atoms with van der Waals surface area (Å²) in [6.07, 6.45) is 3.34. The maximum absolute atomic E-state index is 13.3. The van der Waals surface area contributed by atoms with Crippen molar-refractivity contribution in [3.8, 4) is 5.75 Å². The molecule has 2 rings (SSSR count). The smallest absolute Gasteiger partial charge is 0.341 e. The second kappa shape index (κ2) is 7.73. The van der Waals surface area contributed by atoms with Crippen LogP contribution >= 0.6 is 11.8 Å². The SMILES string of the molecule is COc1ccc(F)cc1C(=O)COC(=O)c1cccnc1SC. The average Bonchev–Trinajstić information content (AvgIpc) is 2.59. The molecule has 0 saturated heterocycles. The Hall–Kier alpha value is -2.41. The topological polar surface area (TPSA) is 65.5 Å². The third-order valence-corrected chi connectivity index (χ3v) is 3.69. The van der Waals surface area contributed by atoms with Crippen LogP contribution in [0.15, 0.2) is 41.6 Å². The molecule has 1 aromatic heterocycles. The largest absolute Gasteiger partial charge is 0.496 e. The highest BCUT2D eigenvalue weighted by Crippen LogP contribution is 2.21. The van der Waals surface area contributed by atoms with Gasteiger partial charge in [0.1, 0.15) is 16.6 Å². The van der Waals surface area contributed by atoms with Gasteiger partial charge in [0, 0.05) is 6.20 Å². The van der Waals surface area contributed by atoms with Crippen molar-refractivity contribution < 1.29 is 23.5 Å². The molecule has 120 valence electrons. The molecule has 5 nitrogen and oxygen atoms in total. The van der Waals surface area contributed by atoms with Crippen LogP contribution in [0.3, 0.4) is 0 Å². The van der Waals surface area contributed by atoms with Gasteiger partial charge in [0.25, 0.3) is 0 Å². The summed E-state index contributed by atoms with van der Waals surface area (Å²) in [5.74, 6) is -1.56. The standard InChI is InChI=1S/C16H14FNO4S/c1-21-14-6-5-10(17)8-12(14)13(19)9-22-16(20)11-4-3-7-18-15(11)23-2/h3-8H,9H2,1-2H3. The molecule has 0 N–H and O–H groups in total. The first-order valence-electron chi connectivity index (χ1n) is 6.59. The van der Waals surface area contributed by atoms with Crippen LogP contribution in [0.25, 0.3) is 0 Å². The van der Waals surface area contributed by atoms with Crippen molar-refractivity contribution in [2.24, 2.45) is 0 Å². The summed E-state index contributed by atoms with van der Waals surface area (Å²) in [6.45, 7) is -0.513. The highest BCUT2D eigenvalue weighted by atomic mass is 32.2. The van der Waals surface area contributed by atoms with Crippen LogP contribution < -0.4 is 4.74 Å². The first kappa shape index (κ1) is 17.0. The third kappa shape index (κ3) is 4.07. The molecule has 0 atom stereocenters. The quantitative estimate of drug-likeness (QED) is 0.459. The summed E-state index contributed by atoms with van der Waals surface area (Å²) in [6, 6.07) is 6.74. The van der Waals surface area contributed by atoms with E-state index in [1.54, 1.807) is 24.6 Å². The lowest BCUT2D eigenvalue weighted by atomic mass is 10.1. The summed E-state index contributed by atoms with van der Waals surface area (Å²) in [4.78, 5) is 28.2. The molecule has 0 fully saturated rings. The van der Waals surface area contributed by atoms with Crippen LogP contribution in [0.2, 0.25) is 0 Å². The van der Waals surface area contributed by atoms with Gasteiger partial charge in [-0.25, -0.2) is 14.2 Å². The van der Waals surface area contributed by atoms with Crippen LogP contribution in [0.4, 0.5) is 4.39 Å². The van der Waals surface area contributed by atoms with E-state index >= 15 is 0 Å². The second-order valence-corrected chi connectivity index (χ2v) is 5.20. The fraction of sp³-hybridized carbons (Fsp3) is 0.188. The van der Waals surface area contributed by atoms with Gasteiger partial charge in [0.2, 0.25) is 5.78 Å². The number of hydrogen-bond donors (Lipinski definition) is 0. The van der Waals surface area contributed by atoms with Gasteiger partial charge in [-0.2, -0.15) is 0 Å². The Kier molecular flexibility index (Phi) is 5.70. The number of halogens is 1. The molecule has 0 aliphatic rings. The van der Waals surface area contributed by atoms with E-state index in [2.05, 4.69) is 4.98 Å². The Labute approximate surface area is 136 Å². The first-order valence-corrected chi connectivity index (χ1v) is 7.82. The number of benzene rings is 1. The van der Waals surface area contributed by atoms with Gasteiger partial charge < -0.3 is 9.47 Å². The van der Waals surface area contributed by atoms with Crippen molar-refractivity contribution in [1.29, 1.82) is 0 Å². The number of Topliss-reactive ketones (excluding diaryl/α,β-unsaturated/α-hetero) is 1. The Morgan fingerprint density at radius 2 is 2.04 bits per heavy atom. The van der Waals surface area contributed by atoms with Crippen molar-refractivity contribution in [2.45, 2.75) is 5.03 Å². The number of ketones is 1. The van der Waals surface area contributed by atoms with Gasteiger partial charge in [-0.15, -0.1) is 11.8 Å². The van der Waals surface area contributed by atoms with Crippen LogP contribution in [-0.2, 0) is 4.74 Å². The van der Waals surface area contributed by atoms with Gasteiger partial charge in [-0.05, 0) is 36.6 Å². The van der Waals surface area contributed by atoms with Crippen LogP contribution in [0, 0.1) is 5.82 Å². The van der Waals surface area contributed by atoms with Gasteiger partial charge >= 0.3 is 5.97 Å². The lowest BCUT2D eigenvalue weighted by Gasteiger charge is -2.09. The normalized spacial score (nSPS) is 10.2. The molecular weight excluding hydrogens is 321 g/mol. The molecule has 0 spiro atoms. The zero-order valence-electron chi connectivity index (χ0n) is 12.5. The fourth-order valence-electron chi connectivity index (χ4n) is 1.89. The molecule has 0 bridgehead atoms. The Morgan fingerprint density at radius 1 is 1.26 bits per heavy atom. The van der Waals surface area contributed by atoms with Crippen LogP contribution in [-0.4, -0.2) is 36.7 Å². The molecule has 7 heteroatoms. The van der Waals surface area contributed by atoms with Crippen molar-refractivity contribution in [3.63, 3.8) is 0 Å². The maximum Gasteiger partial charge on any atom is 0.341 e. The number of carbonyl (C=O) groups excluding carboxylic acids is 2. The number of aromatic nitrogens is 1. The minimum absolute atomic E-state index is 0.0246. The zero-order valence-corrected chi connectivity index (χ0v) is 13.4. The number of rotatable bonds is 6. The molecule has 1 aromatic carbocycles. The summed E-state index contributed by atoms with van der Waals surface area (Å²) < 4.78 is 23.3. The van der Waals surface area contributed by atoms with Gasteiger partial charge in [0.05, 0.1) is 18.2 Å².